The third-order valence-corrected chi connectivity index (χ3v) is 15.6. The van der Waals surface area contributed by atoms with Crippen molar-refractivity contribution >= 4 is 17.9 Å². The molecule has 0 amide bonds. The van der Waals surface area contributed by atoms with Gasteiger partial charge in [-0.05, 0) is 103 Å². The molecule has 0 aliphatic rings. The Kier molecular flexibility index (Phi) is 67.7. The molecule has 0 spiro atoms. The van der Waals surface area contributed by atoms with E-state index in [1.54, 1.807) is 0 Å². The van der Waals surface area contributed by atoms with Gasteiger partial charge in [0.1, 0.15) is 13.2 Å². The Morgan fingerprint density at radius 2 is 0.470 bits per heavy atom. The second-order valence-electron chi connectivity index (χ2n) is 23.8. The van der Waals surface area contributed by atoms with Crippen molar-refractivity contribution in [3.63, 3.8) is 0 Å². The number of rotatable bonds is 65. The second kappa shape index (κ2) is 70.8. The lowest BCUT2D eigenvalue weighted by Crippen LogP contribution is -2.30. The summed E-state index contributed by atoms with van der Waals surface area (Å²) < 4.78 is 17.0. The smallest absolute Gasteiger partial charge is 0.306 e. The lowest BCUT2D eigenvalue weighted by molar-refractivity contribution is -0.167. The predicted molar refractivity (Wildman–Crippen MR) is 362 cm³/mol. The maximum atomic E-state index is 13.0. The van der Waals surface area contributed by atoms with Crippen molar-refractivity contribution < 1.29 is 28.6 Å². The summed E-state index contributed by atoms with van der Waals surface area (Å²) >= 11 is 0. The van der Waals surface area contributed by atoms with Gasteiger partial charge in [-0.25, -0.2) is 0 Å². The SMILES string of the molecule is CC/C=C\C/C=C\C/C=C\C/C=C\C/C=C\C/C=C\CCCCCCCCC(=O)OC(COC(=O)CCCCCCCCCCCCCCC)COC(=O)CCCCCCCCCCCCCCCCC/C=C\C/C=C\CCCCCCC. The lowest BCUT2D eigenvalue weighted by Gasteiger charge is -2.18. The standard InChI is InChI=1S/C77H134O6/c1-4-7-10-13-16-19-22-25-27-29-31-33-35-37-38-40-41-43-45-47-49-52-55-58-61-64-67-70-76(79)82-73-74(72-81-75(78)69-66-63-60-57-54-51-24-21-18-15-12-9-6-3)83-77(80)71-68-65-62-59-56-53-50-48-46-44-42-39-36-34-32-30-28-26-23-20-17-14-11-8-5-2/h8,11,17,20,22,25-26,28-29,31-32,34,39,42,46,48,74H,4-7,9-10,12-16,18-19,21,23-24,27,30,33,35-38,40-41,43-45,47,49-73H2,1-3H3/b11-8-,20-17-,25-22-,28-26-,31-29-,34-32-,42-39-,48-46-. The number of allylic oxidation sites excluding steroid dienone is 16. The third kappa shape index (κ3) is 69.0. The van der Waals surface area contributed by atoms with Crippen LogP contribution in [0.4, 0.5) is 0 Å². The van der Waals surface area contributed by atoms with Gasteiger partial charge in [0.15, 0.2) is 6.10 Å². The normalized spacial score (nSPS) is 12.7. The molecule has 1 unspecified atom stereocenters. The van der Waals surface area contributed by atoms with E-state index in [1.165, 1.54) is 199 Å². The van der Waals surface area contributed by atoms with Crippen LogP contribution in [0.5, 0.6) is 0 Å². The summed E-state index contributed by atoms with van der Waals surface area (Å²) in [5, 5.41) is 0. The molecule has 0 saturated carbocycles. The van der Waals surface area contributed by atoms with Crippen LogP contribution in [-0.4, -0.2) is 37.2 Å². The molecule has 0 aromatic rings. The Hall–Kier alpha value is -3.67. The largest absolute Gasteiger partial charge is 0.462 e. The Labute approximate surface area is 515 Å². The minimum Gasteiger partial charge on any atom is -0.462 e. The van der Waals surface area contributed by atoms with E-state index >= 15 is 0 Å². The molecule has 0 rings (SSSR count). The van der Waals surface area contributed by atoms with E-state index in [1.807, 2.05) is 0 Å². The van der Waals surface area contributed by atoms with Crippen LogP contribution in [0.25, 0.3) is 0 Å². The summed E-state index contributed by atoms with van der Waals surface area (Å²) in [7, 11) is 0. The van der Waals surface area contributed by atoms with Gasteiger partial charge in [0.25, 0.3) is 0 Å². The van der Waals surface area contributed by atoms with Crippen molar-refractivity contribution in [1.29, 1.82) is 0 Å². The molecule has 0 aromatic heterocycles. The predicted octanol–water partition coefficient (Wildman–Crippen LogP) is 24.8. The molecule has 0 aliphatic carbocycles. The van der Waals surface area contributed by atoms with Crippen LogP contribution in [0.3, 0.4) is 0 Å². The number of unbranched alkanes of at least 4 members (excludes halogenated alkanes) is 38. The molecule has 0 saturated heterocycles. The summed E-state index contributed by atoms with van der Waals surface area (Å²) in [4.78, 5) is 38.4. The molecule has 478 valence electrons. The number of carbonyl (C=O) groups excluding carboxylic acids is 3. The van der Waals surface area contributed by atoms with Gasteiger partial charge < -0.3 is 14.2 Å². The topological polar surface area (TPSA) is 78.9 Å². The van der Waals surface area contributed by atoms with Crippen molar-refractivity contribution in [2.24, 2.45) is 0 Å². The summed E-state index contributed by atoms with van der Waals surface area (Å²) in [6.07, 6.45) is 95.7. The Bertz CT molecular complexity index is 1610. The molecule has 83 heavy (non-hydrogen) atoms. The molecule has 0 fully saturated rings. The molecule has 6 heteroatoms. The Morgan fingerprint density at radius 3 is 0.735 bits per heavy atom. The molecule has 0 radical (unpaired) electrons. The van der Waals surface area contributed by atoms with Gasteiger partial charge in [-0.15, -0.1) is 0 Å². The van der Waals surface area contributed by atoms with E-state index in [0.29, 0.717) is 19.3 Å². The van der Waals surface area contributed by atoms with Gasteiger partial charge in [-0.1, -0.05) is 330 Å². The minimum atomic E-state index is -0.786. The van der Waals surface area contributed by atoms with Crippen molar-refractivity contribution in [1.82, 2.24) is 0 Å². The highest BCUT2D eigenvalue weighted by Gasteiger charge is 2.19. The molecule has 0 N–H and O–H groups in total. The summed E-state index contributed by atoms with van der Waals surface area (Å²) in [6.45, 7) is 6.55. The molecular formula is C77H134O6. The molecule has 0 aromatic carbocycles. The second-order valence-corrected chi connectivity index (χ2v) is 23.8. The lowest BCUT2D eigenvalue weighted by atomic mass is 10.0. The molecule has 6 nitrogen and oxygen atoms in total. The van der Waals surface area contributed by atoms with E-state index in [-0.39, 0.29) is 31.1 Å². The summed E-state index contributed by atoms with van der Waals surface area (Å²) in [5.41, 5.74) is 0. The monoisotopic (exact) mass is 1160 g/mol. The van der Waals surface area contributed by atoms with E-state index in [4.69, 9.17) is 14.2 Å². The Balaban J connectivity index is 4.30. The first-order valence-corrected chi connectivity index (χ1v) is 35.7. The summed E-state index contributed by atoms with van der Waals surface area (Å²) in [6, 6.07) is 0. The highest BCUT2D eigenvalue weighted by Crippen LogP contribution is 2.17. The highest BCUT2D eigenvalue weighted by molar-refractivity contribution is 5.71. The first kappa shape index (κ1) is 79.3. The van der Waals surface area contributed by atoms with E-state index in [2.05, 4.69) is 118 Å². The van der Waals surface area contributed by atoms with Crippen molar-refractivity contribution in [3.8, 4) is 0 Å². The number of carbonyl (C=O) groups is 3. The fourth-order valence-corrected chi connectivity index (χ4v) is 10.2. The van der Waals surface area contributed by atoms with Crippen molar-refractivity contribution in [2.75, 3.05) is 13.2 Å². The summed E-state index contributed by atoms with van der Waals surface area (Å²) in [5.74, 6) is -0.877. The third-order valence-electron chi connectivity index (χ3n) is 15.6. The Morgan fingerprint density at radius 1 is 0.253 bits per heavy atom. The van der Waals surface area contributed by atoms with Gasteiger partial charge in [-0.2, -0.15) is 0 Å². The number of hydrogen-bond donors (Lipinski definition) is 0. The number of hydrogen-bond acceptors (Lipinski definition) is 6. The average molecular weight is 1160 g/mol. The average Bonchev–Trinajstić information content (AvgIpc) is 3.49. The highest BCUT2D eigenvalue weighted by atomic mass is 16.6. The first-order valence-electron chi connectivity index (χ1n) is 35.7. The van der Waals surface area contributed by atoms with Gasteiger partial charge >= 0.3 is 17.9 Å². The minimum absolute atomic E-state index is 0.0800. The molecular weight excluding hydrogens is 1020 g/mol. The first-order chi connectivity index (χ1) is 41.0. The molecule has 0 bridgehead atoms. The van der Waals surface area contributed by atoms with Crippen LogP contribution in [-0.2, 0) is 28.6 Å². The zero-order valence-corrected chi connectivity index (χ0v) is 54.9. The maximum absolute atomic E-state index is 13.0. The van der Waals surface area contributed by atoms with Crippen LogP contribution >= 0.6 is 0 Å². The van der Waals surface area contributed by atoms with Crippen LogP contribution in [0.2, 0.25) is 0 Å². The van der Waals surface area contributed by atoms with Crippen molar-refractivity contribution in [2.45, 2.75) is 361 Å². The van der Waals surface area contributed by atoms with E-state index in [9.17, 15) is 14.4 Å². The molecule has 0 heterocycles. The number of esters is 3. The van der Waals surface area contributed by atoms with E-state index in [0.717, 1.165) is 116 Å². The zero-order valence-electron chi connectivity index (χ0n) is 54.9. The molecule has 1 atom stereocenters. The van der Waals surface area contributed by atoms with Gasteiger partial charge in [0.2, 0.25) is 0 Å². The fourth-order valence-electron chi connectivity index (χ4n) is 10.2. The van der Waals surface area contributed by atoms with Crippen LogP contribution in [0, 0.1) is 0 Å². The maximum Gasteiger partial charge on any atom is 0.306 e. The van der Waals surface area contributed by atoms with Gasteiger partial charge in [0.05, 0.1) is 0 Å². The zero-order chi connectivity index (χ0) is 59.9. The van der Waals surface area contributed by atoms with Crippen LogP contribution < -0.4 is 0 Å². The van der Waals surface area contributed by atoms with Crippen molar-refractivity contribution in [3.05, 3.63) is 97.2 Å². The quantitative estimate of drug-likeness (QED) is 0.0261. The van der Waals surface area contributed by atoms with Crippen LogP contribution in [0.15, 0.2) is 97.2 Å². The van der Waals surface area contributed by atoms with Gasteiger partial charge in [0, 0.05) is 19.3 Å². The molecule has 0 aliphatic heterocycles. The number of ether oxygens (including phenoxy) is 3. The fraction of sp³-hybridized carbons (Fsp3) is 0.753. The van der Waals surface area contributed by atoms with Crippen LogP contribution in [0.1, 0.15) is 355 Å². The van der Waals surface area contributed by atoms with Gasteiger partial charge in [-0.3, -0.25) is 14.4 Å². The van der Waals surface area contributed by atoms with E-state index < -0.39 is 6.10 Å².